The van der Waals surface area contributed by atoms with Gasteiger partial charge in [-0.1, -0.05) is 32.0 Å². The molecule has 0 bridgehead atoms. The number of piperidine rings is 1. The van der Waals surface area contributed by atoms with Crippen molar-refractivity contribution < 1.29 is 9.53 Å². The fourth-order valence-electron chi connectivity index (χ4n) is 3.89. The molecule has 1 spiro atoms. The molecule has 4 nitrogen and oxygen atoms in total. The fourth-order valence-corrected chi connectivity index (χ4v) is 3.89. The lowest BCUT2D eigenvalue weighted by Gasteiger charge is -2.49. The Morgan fingerprint density at radius 1 is 1.27 bits per heavy atom. The van der Waals surface area contributed by atoms with E-state index in [-0.39, 0.29) is 24.2 Å². The second-order valence-corrected chi connectivity index (χ2v) is 6.35. The zero-order valence-electron chi connectivity index (χ0n) is 13.6. The molecule has 0 saturated carbocycles. The van der Waals surface area contributed by atoms with Gasteiger partial charge in [0.1, 0.15) is 6.61 Å². The largest absolute Gasteiger partial charge is 0.371 e. The van der Waals surface area contributed by atoms with Crippen molar-refractivity contribution in [2.24, 2.45) is 0 Å². The number of hydrogen-bond donors (Lipinski definition) is 1. The predicted molar refractivity (Wildman–Crippen MR) is 88.2 cm³/mol. The average molecular weight is 302 g/mol. The first kappa shape index (κ1) is 15.3. The van der Waals surface area contributed by atoms with Crippen LogP contribution in [0, 0.1) is 0 Å². The van der Waals surface area contributed by atoms with E-state index in [1.54, 1.807) is 0 Å². The number of rotatable bonds is 3. The van der Waals surface area contributed by atoms with Gasteiger partial charge in [-0.05, 0) is 37.3 Å². The molecule has 1 aromatic rings. The topological polar surface area (TPSA) is 41.6 Å². The number of morpholine rings is 1. The molecule has 2 aliphatic rings. The molecule has 1 unspecified atom stereocenters. The number of anilines is 1. The Morgan fingerprint density at radius 3 is 2.68 bits per heavy atom. The molecule has 0 aromatic heterocycles. The molecule has 4 heteroatoms. The summed E-state index contributed by atoms with van der Waals surface area (Å²) in [5, 5.41) is 3.12. The summed E-state index contributed by atoms with van der Waals surface area (Å²) < 4.78 is 6.02. The van der Waals surface area contributed by atoms with Crippen LogP contribution in [0.4, 0.5) is 5.69 Å². The molecule has 2 saturated heterocycles. The summed E-state index contributed by atoms with van der Waals surface area (Å²) in [6.45, 7) is 6.52. The van der Waals surface area contributed by atoms with Crippen molar-refractivity contribution in [3.8, 4) is 0 Å². The molecule has 1 aromatic carbocycles. The van der Waals surface area contributed by atoms with Gasteiger partial charge in [-0.2, -0.15) is 0 Å². The van der Waals surface area contributed by atoms with Gasteiger partial charge in [0.15, 0.2) is 0 Å². The van der Waals surface area contributed by atoms with Crippen LogP contribution in [0.1, 0.15) is 38.7 Å². The first-order valence-electron chi connectivity index (χ1n) is 8.44. The van der Waals surface area contributed by atoms with E-state index in [1.807, 2.05) is 0 Å². The van der Waals surface area contributed by atoms with Gasteiger partial charge >= 0.3 is 0 Å². The van der Waals surface area contributed by atoms with Crippen molar-refractivity contribution in [2.45, 2.75) is 51.2 Å². The maximum Gasteiger partial charge on any atom is 0.246 e. The summed E-state index contributed by atoms with van der Waals surface area (Å²) in [7, 11) is 0. The molecule has 120 valence electrons. The third-order valence-corrected chi connectivity index (χ3v) is 5.19. The van der Waals surface area contributed by atoms with E-state index in [1.165, 1.54) is 11.3 Å². The summed E-state index contributed by atoms with van der Waals surface area (Å²) in [5.41, 5.74) is 2.59. The van der Waals surface area contributed by atoms with Crippen molar-refractivity contribution >= 4 is 11.6 Å². The second-order valence-electron chi connectivity index (χ2n) is 6.35. The molecule has 0 radical (unpaired) electrons. The van der Waals surface area contributed by atoms with Crippen LogP contribution in [0.5, 0.6) is 0 Å². The highest BCUT2D eigenvalue weighted by Crippen LogP contribution is 2.35. The fraction of sp³-hybridized carbons (Fsp3) is 0.611. The minimum absolute atomic E-state index is 0.0243. The number of ether oxygens (including phenoxy) is 1. The predicted octanol–water partition coefficient (Wildman–Crippen LogP) is 2.51. The van der Waals surface area contributed by atoms with E-state index in [2.05, 4.69) is 48.3 Å². The van der Waals surface area contributed by atoms with E-state index in [9.17, 15) is 4.79 Å². The number of carbonyl (C=O) groups excluding carboxylic acids is 1. The molecule has 2 fully saturated rings. The number of carbonyl (C=O) groups is 1. The minimum atomic E-state index is -0.166. The number of para-hydroxylation sites is 1. The Bertz CT molecular complexity index is 536. The zero-order chi connectivity index (χ0) is 15.6. The number of amides is 1. The van der Waals surface area contributed by atoms with E-state index in [0.29, 0.717) is 0 Å². The summed E-state index contributed by atoms with van der Waals surface area (Å²) in [5.74, 6) is 0.0243. The quantitative estimate of drug-likeness (QED) is 0.933. The maximum absolute atomic E-state index is 11.6. The zero-order valence-corrected chi connectivity index (χ0v) is 13.6. The molecule has 1 atom stereocenters. The van der Waals surface area contributed by atoms with Crippen LogP contribution in [0.3, 0.4) is 0 Å². The molecule has 1 N–H and O–H groups in total. The Morgan fingerprint density at radius 2 is 2.00 bits per heavy atom. The van der Waals surface area contributed by atoms with E-state index < -0.39 is 0 Å². The van der Waals surface area contributed by atoms with Gasteiger partial charge in [0, 0.05) is 18.8 Å². The van der Waals surface area contributed by atoms with Crippen molar-refractivity contribution in [1.82, 2.24) is 5.32 Å². The Labute approximate surface area is 132 Å². The molecule has 2 aliphatic heterocycles. The van der Waals surface area contributed by atoms with Gasteiger partial charge in [-0.25, -0.2) is 0 Å². The van der Waals surface area contributed by atoms with Crippen molar-refractivity contribution in [1.29, 1.82) is 0 Å². The third kappa shape index (κ3) is 2.72. The van der Waals surface area contributed by atoms with E-state index >= 15 is 0 Å². The van der Waals surface area contributed by atoms with Crippen LogP contribution in [-0.2, 0) is 16.0 Å². The van der Waals surface area contributed by atoms with Gasteiger partial charge < -0.3 is 15.0 Å². The van der Waals surface area contributed by atoms with Gasteiger partial charge in [-0.15, -0.1) is 0 Å². The van der Waals surface area contributed by atoms with Crippen molar-refractivity contribution in [2.75, 3.05) is 24.6 Å². The van der Waals surface area contributed by atoms with E-state index in [4.69, 9.17) is 4.74 Å². The van der Waals surface area contributed by atoms with Crippen LogP contribution in [0.25, 0.3) is 0 Å². The number of nitrogens with zero attached hydrogens (tertiary/aromatic N) is 1. The lowest BCUT2D eigenvalue weighted by molar-refractivity contribution is -0.156. The molecule has 0 aliphatic carbocycles. The Kier molecular flexibility index (Phi) is 4.39. The lowest BCUT2D eigenvalue weighted by atomic mass is 9.81. The number of hydrogen-bond acceptors (Lipinski definition) is 3. The Balaban J connectivity index is 1.73. The molecule has 3 rings (SSSR count). The SMILES string of the molecule is CCc1ccccc1N1CCC2(CC1)OCC(=O)NC2CC. The molecule has 1 amide bonds. The number of benzene rings is 1. The molecule has 22 heavy (non-hydrogen) atoms. The molecule has 2 heterocycles. The van der Waals surface area contributed by atoms with Crippen molar-refractivity contribution in [3.05, 3.63) is 29.8 Å². The summed E-state index contributed by atoms with van der Waals surface area (Å²) in [6, 6.07) is 8.81. The summed E-state index contributed by atoms with van der Waals surface area (Å²) >= 11 is 0. The number of aryl methyl sites for hydroxylation is 1. The standard InChI is InChI=1S/C18H26N2O2/c1-3-14-7-5-6-8-15(14)20-11-9-18(10-12-20)16(4-2)19-17(21)13-22-18/h5-8,16H,3-4,9-13H2,1-2H3,(H,19,21). The first-order chi connectivity index (χ1) is 10.7. The first-order valence-corrected chi connectivity index (χ1v) is 8.44. The maximum atomic E-state index is 11.6. The van der Waals surface area contributed by atoms with Gasteiger partial charge in [0.2, 0.25) is 5.91 Å². The summed E-state index contributed by atoms with van der Waals surface area (Å²) in [6.07, 6.45) is 3.94. The van der Waals surface area contributed by atoms with Crippen LogP contribution < -0.4 is 10.2 Å². The average Bonchev–Trinajstić information content (AvgIpc) is 2.58. The van der Waals surface area contributed by atoms with E-state index in [0.717, 1.165) is 38.8 Å². The smallest absolute Gasteiger partial charge is 0.246 e. The molecular weight excluding hydrogens is 276 g/mol. The third-order valence-electron chi connectivity index (χ3n) is 5.19. The normalized spacial score (nSPS) is 24.4. The van der Waals surface area contributed by atoms with Crippen LogP contribution in [-0.4, -0.2) is 37.2 Å². The minimum Gasteiger partial charge on any atom is -0.371 e. The van der Waals surface area contributed by atoms with Crippen molar-refractivity contribution in [3.63, 3.8) is 0 Å². The highest BCUT2D eigenvalue weighted by atomic mass is 16.5. The van der Waals surface area contributed by atoms with Gasteiger partial charge in [-0.3, -0.25) is 4.79 Å². The number of nitrogens with one attached hydrogen (secondary N) is 1. The second kappa shape index (κ2) is 6.29. The Hall–Kier alpha value is -1.55. The highest BCUT2D eigenvalue weighted by molar-refractivity contribution is 5.78. The van der Waals surface area contributed by atoms with Crippen LogP contribution in [0.2, 0.25) is 0 Å². The van der Waals surface area contributed by atoms with Gasteiger partial charge in [0.25, 0.3) is 0 Å². The van der Waals surface area contributed by atoms with Gasteiger partial charge in [0.05, 0.1) is 11.6 Å². The summed E-state index contributed by atoms with van der Waals surface area (Å²) in [4.78, 5) is 14.0. The molecular formula is C18H26N2O2. The lowest BCUT2D eigenvalue weighted by Crippen LogP contribution is -2.63. The monoisotopic (exact) mass is 302 g/mol. The van der Waals surface area contributed by atoms with Crippen LogP contribution in [0.15, 0.2) is 24.3 Å². The highest BCUT2D eigenvalue weighted by Gasteiger charge is 2.45. The van der Waals surface area contributed by atoms with Crippen LogP contribution >= 0.6 is 0 Å².